The molecule has 1 fully saturated rings. The Hall–Kier alpha value is -1.69. The smallest absolute Gasteiger partial charge is 0.201 e. The molecule has 20 heavy (non-hydrogen) atoms. The molecular weight excluding hydrogens is 264 g/mol. The highest BCUT2D eigenvalue weighted by Crippen LogP contribution is 2.51. The molecule has 6 heteroatoms. The molecule has 0 unspecified atom stereocenters. The molecule has 1 saturated carbocycles. The summed E-state index contributed by atoms with van der Waals surface area (Å²) < 4.78 is 34.1. The minimum absolute atomic E-state index is 0.0799. The second kappa shape index (κ2) is 4.70. The third-order valence-electron chi connectivity index (χ3n) is 4.12. The summed E-state index contributed by atoms with van der Waals surface area (Å²) in [4.78, 5) is 4.11. The summed E-state index contributed by atoms with van der Waals surface area (Å²) in [7, 11) is 1.66. The van der Waals surface area contributed by atoms with Gasteiger partial charge in [-0.2, -0.15) is 0 Å². The van der Waals surface area contributed by atoms with Gasteiger partial charge in [-0.05, 0) is 36.8 Å². The largest absolute Gasteiger partial charge is 0.385 e. The molecule has 0 atom stereocenters. The Morgan fingerprint density at radius 3 is 2.80 bits per heavy atom. The number of anilines is 1. The predicted octanol–water partition coefficient (Wildman–Crippen LogP) is 2.71. The van der Waals surface area contributed by atoms with Crippen LogP contribution in [0.3, 0.4) is 0 Å². The van der Waals surface area contributed by atoms with Gasteiger partial charge in [0.1, 0.15) is 5.52 Å². The fraction of sp³-hybridized carbons (Fsp3) is 0.500. The first-order valence-corrected chi connectivity index (χ1v) is 6.65. The quantitative estimate of drug-likeness (QED) is 0.916. The molecule has 108 valence electrons. The molecule has 0 saturated heterocycles. The Morgan fingerprint density at radius 1 is 1.40 bits per heavy atom. The number of rotatable bonds is 5. The Morgan fingerprint density at radius 2 is 2.15 bits per heavy atom. The van der Waals surface area contributed by atoms with Crippen molar-refractivity contribution in [3.05, 3.63) is 23.8 Å². The van der Waals surface area contributed by atoms with Gasteiger partial charge in [-0.25, -0.2) is 13.8 Å². The standard InChI is InChI=1S/C14H17F2N3O/c1-20-7-6-14(4-5-14)8-19-12-10(18-13(19)17)3-2-9(15)11(12)16/h2-3H,4-8H2,1H3,(H2,17,18). The van der Waals surface area contributed by atoms with Crippen LogP contribution in [-0.4, -0.2) is 23.3 Å². The number of nitrogens with two attached hydrogens (primary N) is 1. The summed E-state index contributed by atoms with van der Waals surface area (Å²) in [5.74, 6) is -1.53. The maximum absolute atomic E-state index is 14.0. The third-order valence-corrected chi connectivity index (χ3v) is 4.12. The highest BCUT2D eigenvalue weighted by atomic mass is 19.2. The Kier molecular flexibility index (Phi) is 3.12. The topological polar surface area (TPSA) is 53.1 Å². The molecule has 0 aliphatic heterocycles. The Balaban J connectivity index is 1.99. The zero-order valence-corrected chi connectivity index (χ0v) is 11.3. The maximum atomic E-state index is 14.0. The average molecular weight is 281 g/mol. The van der Waals surface area contributed by atoms with Crippen molar-refractivity contribution in [3.63, 3.8) is 0 Å². The number of aromatic nitrogens is 2. The van der Waals surface area contributed by atoms with E-state index in [2.05, 4.69) is 4.98 Å². The van der Waals surface area contributed by atoms with Crippen molar-refractivity contribution in [2.45, 2.75) is 25.8 Å². The first-order chi connectivity index (χ1) is 9.56. The van der Waals surface area contributed by atoms with Crippen LogP contribution in [0.1, 0.15) is 19.3 Å². The van der Waals surface area contributed by atoms with Gasteiger partial charge in [0, 0.05) is 20.3 Å². The molecule has 4 nitrogen and oxygen atoms in total. The number of nitrogens with zero attached hydrogens (tertiary/aromatic N) is 2. The highest BCUT2D eigenvalue weighted by Gasteiger charge is 2.43. The van der Waals surface area contributed by atoms with Crippen molar-refractivity contribution < 1.29 is 13.5 Å². The lowest BCUT2D eigenvalue weighted by Crippen LogP contribution is -2.16. The number of hydrogen-bond acceptors (Lipinski definition) is 3. The fourth-order valence-corrected chi connectivity index (χ4v) is 2.65. The molecule has 2 aromatic rings. The van der Waals surface area contributed by atoms with Crippen molar-refractivity contribution in [1.29, 1.82) is 0 Å². The molecule has 0 bridgehead atoms. The summed E-state index contributed by atoms with van der Waals surface area (Å²) >= 11 is 0. The number of benzene rings is 1. The molecule has 2 N–H and O–H groups in total. The van der Waals surface area contributed by atoms with Crippen LogP contribution in [0, 0.1) is 17.0 Å². The minimum Gasteiger partial charge on any atom is -0.385 e. The lowest BCUT2D eigenvalue weighted by atomic mass is 10.0. The van der Waals surface area contributed by atoms with Crippen LogP contribution < -0.4 is 5.73 Å². The molecule has 1 aliphatic rings. The van der Waals surface area contributed by atoms with E-state index in [0.717, 1.165) is 25.3 Å². The summed E-state index contributed by atoms with van der Waals surface area (Å²) in [5.41, 5.74) is 6.50. The van der Waals surface area contributed by atoms with Crippen molar-refractivity contribution in [2.24, 2.45) is 5.41 Å². The van der Waals surface area contributed by atoms with Gasteiger partial charge in [0.2, 0.25) is 5.95 Å². The summed E-state index contributed by atoms with van der Waals surface area (Å²) in [5, 5.41) is 0. The molecular formula is C14H17F2N3O. The van der Waals surface area contributed by atoms with Gasteiger partial charge >= 0.3 is 0 Å². The fourth-order valence-electron chi connectivity index (χ4n) is 2.65. The number of hydrogen-bond donors (Lipinski definition) is 1. The molecule has 1 heterocycles. The second-order valence-electron chi connectivity index (χ2n) is 5.53. The van der Waals surface area contributed by atoms with Gasteiger partial charge in [-0.1, -0.05) is 0 Å². The number of ether oxygens (including phenoxy) is 1. The maximum Gasteiger partial charge on any atom is 0.201 e. The minimum atomic E-state index is -0.880. The van der Waals surface area contributed by atoms with Gasteiger partial charge in [0.05, 0.1) is 5.52 Å². The lowest BCUT2D eigenvalue weighted by Gasteiger charge is -2.17. The van der Waals surface area contributed by atoms with Crippen LogP contribution in [0.5, 0.6) is 0 Å². The van der Waals surface area contributed by atoms with E-state index in [4.69, 9.17) is 10.5 Å². The van der Waals surface area contributed by atoms with Gasteiger partial charge in [-0.15, -0.1) is 0 Å². The van der Waals surface area contributed by atoms with E-state index in [-0.39, 0.29) is 16.9 Å². The second-order valence-corrected chi connectivity index (χ2v) is 5.53. The van der Waals surface area contributed by atoms with Gasteiger partial charge in [0.15, 0.2) is 11.6 Å². The van der Waals surface area contributed by atoms with Crippen LogP contribution in [0.4, 0.5) is 14.7 Å². The zero-order valence-electron chi connectivity index (χ0n) is 11.3. The van der Waals surface area contributed by atoms with Gasteiger partial charge in [0.25, 0.3) is 0 Å². The predicted molar refractivity (Wildman–Crippen MR) is 72.2 cm³/mol. The normalized spacial score (nSPS) is 16.8. The van der Waals surface area contributed by atoms with E-state index in [1.54, 1.807) is 11.7 Å². The van der Waals surface area contributed by atoms with Crippen molar-refractivity contribution >= 4 is 17.0 Å². The van der Waals surface area contributed by atoms with Crippen LogP contribution in [0.15, 0.2) is 12.1 Å². The van der Waals surface area contributed by atoms with Crippen molar-refractivity contribution in [1.82, 2.24) is 9.55 Å². The third kappa shape index (κ3) is 2.14. The van der Waals surface area contributed by atoms with Crippen LogP contribution >= 0.6 is 0 Å². The monoisotopic (exact) mass is 281 g/mol. The average Bonchev–Trinajstić information content (AvgIpc) is 3.12. The van der Waals surface area contributed by atoms with Crippen molar-refractivity contribution in [2.75, 3.05) is 19.5 Å². The number of fused-ring (bicyclic) bond motifs is 1. The first-order valence-electron chi connectivity index (χ1n) is 6.65. The van der Waals surface area contributed by atoms with E-state index in [9.17, 15) is 8.78 Å². The SMILES string of the molecule is COCCC1(Cn2c(N)nc3ccc(F)c(F)c32)CC1. The number of imidazole rings is 1. The van der Waals surface area contributed by atoms with E-state index in [1.165, 1.54) is 6.07 Å². The Bertz CT molecular complexity index is 649. The van der Waals surface area contributed by atoms with E-state index in [1.807, 2.05) is 0 Å². The first kappa shape index (κ1) is 13.3. The van der Waals surface area contributed by atoms with E-state index < -0.39 is 11.6 Å². The van der Waals surface area contributed by atoms with E-state index in [0.29, 0.717) is 18.7 Å². The lowest BCUT2D eigenvalue weighted by molar-refractivity contribution is 0.167. The van der Waals surface area contributed by atoms with Crippen LogP contribution in [0.25, 0.3) is 11.0 Å². The number of methoxy groups -OCH3 is 1. The molecule has 1 aliphatic carbocycles. The highest BCUT2D eigenvalue weighted by molar-refractivity contribution is 5.79. The summed E-state index contributed by atoms with van der Waals surface area (Å²) in [6.45, 7) is 1.21. The van der Waals surface area contributed by atoms with Crippen LogP contribution in [0.2, 0.25) is 0 Å². The van der Waals surface area contributed by atoms with Crippen molar-refractivity contribution in [3.8, 4) is 0 Å². The molecule has 1 aromatic heterocycles. The summed E-state index contributed by atoms with van der Waals surface area (Å²) in [6.07, 6.45) is 2.98. The number of nitrogen functional groups attached to an aromatic ring is 1. The molecule has 3 rings (SSSR count). The van der Waals surface area contributed by atoms with Gasteiger partial charge < -0.3 is 15.0 Å². The Labute approximate surface area is 115 Å². The zero-order chi connectivity index (χ0) is 14.3. The van der Waals surface area contributed by atoms with E-state index >= 15 is 0 Å². The molecule has 1 aromatic carbocycles. The van der Waals surface area contributed by atoms with Gasteiger partial charge in [-0.3, -0.25) is 0 Å². The summed E-state index contributed by atoms with van der Waals surface area (Å²) in [6, 6.07) is 2.53. The molecule has 0 spiro atoms. The molecule has 0 amide bonds. The molecule has 0 radical (unpaired) electrons. The number of halogens is 2. The van der Waals surface area contributed by atoms with Crippen LogP contribution in [-0.2, 0) is 11.3 Å².